The number of halogens is 3. The number of hydrogen-bond donors (Lipinski definition) is 2. The molecule has 0 bridgehead atoms. The summed E-state index contributed by atoms with van der Waals surface area (Å²) in [5, 5.41) is 6.47. The number of nitrogen functional groups attached to an aromatic ring is 1. The number of carbonyl (C=O) groups excluding carboxylic acids is 1. The first-order chi connectivity index (χ1) is 14.6. The molecular formula is C19H20F3N7O2. The molecule has 3 N–H and O–H groups in total. The molecule has 3 heterocycles. The summed E-state index contributed by atoms with van der Waals surface area (Å²) in [5.74, 6) is -0.606. The number of aromatic nitrogens is 4. The minimum atomic E-state index is -4.67. The first-order valence-electron chi connectivity index (χ1n) is 9.44. The van der Waals surface area contributed by atoms with Crippen molar-refractivity contribution in [1.82, 2.24) is 24.5 Å². The van der Waals surface area contributed by atoms with Crippen molar-refractivity contribution in [1.29, 1.82) is 0 Å². The van der Waals surface area contributed by atoms with E-state index in [-0.39, 0.29) is 28.8 Å². The van der Waals surface area contributed by atoms with E-state index in [1.54, 1.807) is 6.07 Å². The number of nitrogens with zero attached hydrogens (tertiary/aromatic N) is 5. The number of nitrogens with two attached hydrogens (primary N) is 1. The lowest BCUT2D eigenvalue weighted by molar-refractivity contribution is -0.141. The Morgan fingerprint density at radius 2 is 2.06 bits per heavy atom. The molecule has 0 saturated heterocycles. The molecule has 0 spiro atoms. The topological polar surface area (TPSA) is 111 Å². The lowest BCUT2D eigenvalue weighted by Gasteiger charge is -2.39. The van der Waals surface area contributed by atoms with E-state index in [1.165, 1.54) is 12.4 Å². The lowest BCUT2D eigenvalue weighted by Crippen LogP contribution is -2.46. The quantitative estimate of drug-likeness (QED) is 0.633. The molecule has 3 aromatic rings. The van der Waals surface area contributed by atoms with Gasteiger partial charge in [-0.25, -0.2) is 9.50 Å². The third-order valence-electron chi connectivity index (χ3n) is 5.15. The molecule has 12 heteroatoms. The van der Waals surface area contributed by atoms with Crippen LogP contribution in [0.15, 0.2) is 30.7 Å². The van der Waals surface area contributed by atoms with Crippen molar-refractivity contribution in [2.75, 3.05) is 25.1 Å². The highest BCUT2D eigenvalue weighted by Gasteiger charge is 2.34. The van der Waals surface area contributed by atoms with E-state index in [9.17, 15) is 18.0 Å². The van der Waals surface area contributed by atoms with Gasteiger partial charge in [0.15, 0.2) is 11.5 Å². The zero-order valence-corrected chi connectivity index (χ0v) is 16.7. The normalized spacial score (nSPS) is 18.8. The van der Waals surface area contributed by atoms with Gasteiger partial charge in [-0.05, 0) is 33.0 Å². The van der Waals surface area contributed by atoms with Crippen LogP contribution in [0.4, 0.5) is 24.7 Å². The van der Waals surface area contributed by atoms with Crippen molar-refractivity contribution in [3.63, 3.8) is 0 Å². The summed E-state index contributed by atoms with van der Waals surface area (Å²) in [6.45, 7) is 0. The number of amides is 1. The highest BCUT2D eigenvalue weighted by molar-refractivity contribution is 6.12. The van der Waals surface area contributed by atoms with Crippen LogP contribution in [0, 0.1) is 0 Å². The zero-order valence-electron chi connectivity index (χ0n) is 16.7. The number of carbonyl (C=O) groups is 1. The van der Waals surface area contributed by atoms with Crippen LogP contribution in [0.1, 0.15) is 28.9 Å². The van der Waals surface area contributed by atoms with E-state index in [1.807, 2.05) is 14.1 Å². The summed E-state index contributed by atoms with van der Waals surface area (Å²) in [5.41, 5.74) is 4.34. The molecule has 9 nitrogen and oxygen atoms in total. The number of anilines is 2. The van der Waals surface area contributed by atoms with Gasteiger partial charge in [-0.2, -0.15) is 13.2 Å². The molecule has 164 valence electrons. The Labute approximate surface area is 175 Å². The van der Waals surface area contributed by atoms with Gasteiger partial charge in [0, 0.05) is 24.5 Å². The second kappa shape index (κ2) is 7.69. The van der Waals surface area contributed by atoms with Crippen molar-refractivity contribution < 1.29 is 22.7 Å². The van der Waals surface area contributed by atoms with Crippen molar-refractivity contribution in [3.8, 4) is 5.75 Å². The van der Waals surface area contributed by atoms with Gasteiger partial charge in [0.25, 0.3) is 5.91 Å². The van der Waals surface area contributed by atoms with E-state index in [0.717, 1.165) is 29.6 Å². The molecule has 3 aromatic heterocycles. The third-order valence-corrected chi connectivity index (χ3v) is 5.15. The van der Waals surface area contributed by atoms with Crippen LogP contribution in [0.2, 0.25) is 0 Å². The Morgan fingerprint density at radius 1 is 1.32 bits per heavy atom. The Balaban J connectivity index is 1.58. The summed E-state index contributed by atoms with van der Waals surface area (Å²) in [7, 11) is 4.00. The molecule has 4 rings (SSSR count). The lowest BCUT2D eigenvalue weighted by atomic mass is 9.88. The first-order valence-corrected chi connectivity index (χ1v) is 9.44. The van der Waals surface area contributed by atoms with Gasteiger partial charge in [-0.1, -0.05) is 0 Å². The SMILES string of the molecule is CN(C)[C@H]1C[C@@H](Oc2ccncc2NC(=O)c2c(N)nn3ccc(C(F)(F)F)nc23)C1. The van der Waals surface area contributed by atoms with Gasteiger partial charge in [0.1, 0.15) is 28.8 Å². The number of alkyl halides is 3. The number of rotatable bonds is 5. The largest absolute Gasteiger partial charge is 0.488 e. The number of ether oxygens (including phenoxy) is 1. The highest BCUT2D eigenvalue weighted by atomic mass is 19.4. The molecule has 1 amide bonds. The summed E-state index contributed by atoms with van der Waals surface area (Å²) in [6.07, 6.45) is 0.964. The zero-order chi connectivity index (χ0) is 22.3. The maximum absolute atomic E-state index is 13.0. The molecule has 0 aromatic carbocycles. The van der Waals surface area contributed by atoms with E-state index in [2.05, 4.69) is 25.3 Å². The Bertz CT molecular complexity index is 1120. The first kappa shape index (κ1) is 20.8. The molecular weight excluding hydrogens is 415 g/mol. The van der Waals surface area contributed by atoms with E-state index < -0.39 is 17.8 Å². The van der Waals surface area contributed by atoms with Crippen LogP contribution in [-0.2, 0) is 6.18 Å². The molecule has 1 saturated carbocycles. The molecule has 31 heavy (non-hydrogen) atoms. The predicted octanol–water partition coefficient (Wildman–Crippen LogP) is 2.45. The molecule has 0 atom stereocenters. The summed E-state index contributed by atoms with van der Waals surface area (Å²) >= 11 is 0. The van der Waals surface area contributed by atoms with Gasteiger partial charge >= 0.3 is 6.18 Å². The molecule has 1 aliphatic carbocycles. The molecule has 1 aliphatic rings. The highest BCUT2D eigenvalue weighted by Crippen LogP contribution is 2.33. The Hall–Kier alpha value is -3.41. The van der Waals surface area contributed by atoms with Crippen LogP contribution in [0.25, 0.3) is 5.65 Å². The summed E-state index contributed by atoms with van der Waals surface area (Å²) in [6, 6.07) is 2.80. The predicted molar refractivity (Wildman–Crippen MR) is 106 cm³/mol. The van der Waals surface area contributed by atoms with Crippen molar-refractivity contribution in [2.45, 2.75) is 31.2 Å². The molecule has 0 radical (unpaired) electrons. The van der Waals surface area contributed by atoms with Crippen molar-refractivity contribution in [2.24, 2.45) is 0 Å². The van der Waals surface area contributed by atoms with Gasteiger partial charge in [-0.3, -0.25) is 9.78 Å². The van der Waals surface area contributed by atoms with Crippen LogP contribution in [0.3, 0.4) is 0 Å². The maximum atomic E-state index is 13.0. The molecule has 1 fully saturated rings. The second-order valence-corrected chi connectivity index (χ2v) is 7.49. The average molecular weight is 435 g/mol. The fourth-order valence-electron chi connectivity index (χ4n) is 3.32. The smallest absolute Gasteiger partial charge is 0.433 e. The summed E-state index contributed by atoms with van der Waals surface area (Å²) < 4.78 is 46.1. The molecule has 0 unspecified atom stereocenters. The number of pyridine rings is 1. The van der Waals surface area contributed by atoms with Crippen LogP contribution >= 0.6 is 0 Å². The maximum Gasteiger partial charge on any atom is 0.433 e. The second-order valence-electron chi connectivity index (χ2n) is 7.49. The van der Waals surface area contributed by atoms with E-state index in [4.69, 9.17) is 10.5 Å². The fourth-order valence-corrected chi connectivity index (χ4v) is 3.32. The van der Waals surface area contributed by atoms with Crippen molar-refractivity contribution >= 4 is 23.1 Å². The average Bonchev–Trinajstić information content (AvgIpc) is 2.99. The van der Waals surface area contributed by atoms with E-state index in [0.29, 0.717) is 11.8 Å². The van der Waals surface area contributed by atoms with Crippen molar-refractivity contribution in [3.05, 3.63) is 42.0 Å². The molecule has 0 aliphatic heterocycles. The number of hydrogen-bond acceptors (Lipinski definition) is 7. The standard InChI is InChI=1S/C19H20F3N7O2/c1-28(2)10-7-11(8-10)31-13-3-5-24-9-12(13)25-18(30)15-16(23)27-29-6-4-14(19(20,21)22)26-17(15)29/h3-6,9-11H,7-8H2,1-2H3,(H2,23,27)(H,25,30)/t10-,11+. The van der Waals surface area contributed by atoms with Gasteiger partial charge < -0.3 is 20.7 Å². The monoisotopic (exact) mass is 435 g/mol. The minimum Gasteiger partial charge on any atom is -0.488 e. The number of nitrogens with one attached hydrogen (secondary N) is 1. The van der Waals surface area contributed by atoms with Crippen LogP contribution < -0.4 is 15.8 Å². The van der Waals surface area contributed by atoms with Gasteiger partial charge in [-0.15, -0.1) is 5.10 Å². The Kier molecular flexibility index (Phi) is 5.17. The van der Waals surface area contributed by atoms with Crippen LogP contribution in [-0.4, -0.2) is 56.6 Å². The number of fused-ring (bicyclic) bond motifs is 1. The third kappa shape index (κ3) is 4.10. The van der Waals surface area contributed by atoms with E-state index >= 15 is 0 Å². The van der Waals surface area contributed by atoms with Crippen LogP contribution in [0.5, 0.6) is 5.75 Å². The summed E-state index contributed by atoms with van der Waals surface area (Å²) in [4.78, 5) is 22.5. The van der Waals surface area contributed by atoms with Gasteiger partial charge in [0.2, 0.25) is 0 Å². The fraction of sp³-hybridized carbons (Fsp3) is 0.368. The minimum absolute atomic E-state index is 0.0106. The Morgan fingerprint density at radius 3 is 2.74 bits per heavy atom. The van der Waals surface area contributed by atoms with Gasteiger partial charge in [0.05, 0.1) is 6.20 Å².